The SMILES string of the molecule is C=CCOC[C@H](O)CN(Cc1ccccc1)C[C@H]1CC(c2ccccc2)=NO1. The van der Waals surface area contributed by atoms with Gasteiger partial charge in [-0.2, -0.15) is 0 Å². The number of hydrogen-bond acceptors (Lipinski definition) is 5. The van der Waals surface area contributed by atoms with Crippen molar-refractivity contribution in [3.05, 3.63) is 84.4 Å². The van der Waals surface area contributed by atoms with Crippen molar-refractivity contribution in [1.29, 1.82) is 0 Å². The van der Waals surface area contributed by atoms with Crippen molar-refractivity contribution in [2.45, 2.75) is 25.2 Å². The summed E-state index contributed by atoms with van der Waals surface area (Å²) in [6.45, 7) is 6.29. The summed E-state index contributed by atoms with van der Waals surface area (Å²) >= 11 is 0. The molecule has 0 saturated carbocycles. The zero-order chi connectivity index (χ0) is 19.6. The van der Waals surface area contributed by atoms with E-state index in [-0.39, 0.29) is 12.7 Å². The Kier molecular flexibility index (Phi) is 7.79. The monoisotopic (exact) mass is 380 g/mol. The van der Waals surface area contributed by atoms with Crippen molar-refractivity contribution in [2.24, 2.45) is 5.16 Å². The van der Waals surface area contributed by atoms with E-state index >= 15 is 0 Å². The molecule has 1 heterocycles. The number of rotatable bonds is 11. The lowest BCUT2D eigenvalue weighted by Crippen LogP contribution is -2.39. The van der Waals surface area contributed by atoms with Gasteiger partial charge in [-0.3, -0.25) is 4.90 Å². The molecule has 0 bridgehead atoms. The molecule has 0 aliphatic carbocycles. The van der Waals surface area contributed by atoms with Crippen LogP contribution in [0, 0.1) is 0 Å². The van der Waals surface area contributed by atoms with E-state index in [1.807, 2.05) is 48.5 Å². The predicted molar refractivity (Wildman–Crippen MR) is 111 cm³/mol. The van der Waals surface area contributed by atoms with E-state index in [0.717, 1.165) is 24.2 Å². The fourth-order valence-corrected chi connectivity index (χ4v) is 3.30. The lowest BCUT2D eigenvalue weighted by molar-refractivity contribution is 0.00336. The standard InChI is InChI=1S/C23H28N2O3/c1-2-13-27-18-21(26)16-25(15-19-9-5-3-6-10-19)17-22-14-23(24-28-22)20-11-7-4-8-12-20/h2-12,21-22,26H,1,13-18H2/t21-,22-/m1/s1. The molecule has 0 fully saturated rings. The van der Waals surface area contributed by atoms with E-state index in [4.69, 9.17) is 9.57 Å². The van der Waals surface area contributed by atoms with Crippen LogP contribution in [0.3, 0.4) is 0 Å². The molecular weight excluding hydrogens is 352 g/mol. The molecule has 0 radical (unpaired) electrons. The van der Waals surface area contributed by atoms with Crippen LogP contribution in [0.15, 0.2) is 78.5 Å². The molecule has 0 amide bonds. The fourth-order valence-electron chi connectivity index (χ4n) is 3.30. The normalized spacial score (nSPS) is 17.2. The third-order valence-corrected chi connectivity index (χ3v) is 4.57. The molecule has 1 aliphatic rings. The molecule has 5 nitrogen and oxygen atoms in total. The van der Waals surface area contributed by atoms with Gasteiger partial charge in [-0.05, 0) is 11.1 Å². The van der Waals surface area contributed by atoms with E-state index in [0.29, 0.717) is 19.7 Å². The van der Waals surface area contributed by atoms with Crippen LogP contribution >= 0.6 is 0 Å². The van der Waals surface area contributed by atoms with Gasteiger partial charge in [-0.15, -0.1) is 6.58 Å². The molecule has 3 rings (SSSR count). The van der Waals surface area contributed by atoms with E-state index in [2.05, 4.69) is 28.8 Å². The van der Waals surface area contributed by atoms with Crippen molar-refractivity contribution in [2.75, 3.05) is 26.3 Å². The zero-order valence-corrected chi connectivity index (χ0v) is 16.1. The van der Waals surface area contributed by atoms with Gasteiger partial charge in [0.05, 0.1) is 25.0 Å². The summed E-state index contributed by atoms with van der Waals surface area (Å²) in [6, 6.07) is 20.4. The summed E-state index contributed by atoms with van der Waals surface area (Å²) in [5, 5.41) is 14.6. The first-order chi connectivity index (χ1) is 13.7. The summed E-state index contributed by atoms with van der Waals surface area (Å²) in [7, 11) is 0. The Morgan fingerprint density at radius 3 is 2.61 bits per heavy atom. The Morgan fingerprint density at radius 2 is 1.89 bits per heavy atom. The van der Waals surface area contributed by atoms with Crippen molar-refractivity contribution in [1.82, 2.24) is 4.90 Å². The Hall–Kier alpha value is -2.47. The minimum absolute atomic E-state index is 0.0276. The number of ether oxygens (including phenoxy) is 1. The van der Waals surface area contributed by atoms with Gasteiger partial charge in [0.15, 0.2) is 0 Å². The van der Waals surface area contributed by atoms with Gasteiger partial charge in [0, 0.05) is 26.1 Å². The van der Waals surface area contributed by atoms with Gasteiger partial charge < -0.3 is 14.7 Å². The molecular formula is C23H28N2O3. The van der Waals surface area contributed by atoms with Gasteiger partial charge in [0.25, 0.3) is 0 Å². The summed E-state index contributed by atoms with van der Waals surface area (Å²) in [5.74, 6) is 0. The second-order valence-corrected chi connectivity index (χ2v) is 7.00. The van der Waals surface area contributed by atoms with Crippen LogP contribution in [0.2, 0.25) is 0 Å². The smallest absolute Gasteiger partial charge is 0.145 e. The van der Waals surface area contributed by atoms with Crippen molar-refractivity contribution < 1.29 is 14.7 Å². The number of aliphatic hydroxyl groups excluding tert-OH is 1. The fraction of sp³-hybridized carbons (Fsp3) is 0.348. The third kappa shape index (κ3) is 6.30. The number of benzene rings is 2. The number of aliphatic hydroxyl groups is 1. The maximum Gasteiger partial charge on any atom is 0.145 e. The van der Waals surface area contributed by atoms with Crippen molar-refractivity contribution in [3.63, 3.8) is 0 Å². The molecule has 0 saturated heterocycles. The number of oxime groups is 1. The second-order valence-electron chi connectivity index (χ2n) is 7.00. The summed E-state index contributed by atoms with van der Waals surface area (Å²) in [6.07, 6.45) is 1.85. The largest absolute Gasteiger partial charge is 0.390 e. The molecule has 1 N–H and O–H groups in total. The van der Waals surface area contributed by atoms with Crippen LogP contribution in [0.25, 0.3) is 0 Å². The first kappa shape index (κ1) is 20.3. The van der Waals surface area contributed by atoms with Crippen LogP contribution < -0.4 is 0 Å². The lowest BCUT2D eigenvalue weighted by atomic mass is 10.0. The highest BCUT2D eigenvalue weighted by atomic mass is 16.6. The third-order valence-electron chi connectivity index (χ3n) is 4.57. The van der Waals surface area contributed by atoms with Gasteiger partial charge in [-0.25, -0.2) is 0 Å². The number of nitrogens with zero attached hydrogens (tertiary/aromatic N) is 2. The Balaban J connectivity index is 1.58. The molecule has 1 aliphatic heterocycles. The number of hydrogen-bond donors (Lipinski definition) is 1. The van der Waals surface area contributed by atoms with Crippen LogP contribution in [-0.4, -0.2) is 54.2 Å². The maximum atomic E-state index is 10.4. The topological polar surface area (TPSA) is 54.3 Å². The highest BCUT2D eigenvalue weighted by Gasteiger charge is 2.25. The van der Waals surface area contributed by atoms with Crippen molar-refractivity contribution >= 4 is 5.71 Å². The molecule has 2 atom stereocenters. The average molecular weight is 380 g/mol. The van der Waals surface area contributed by atoms with Gasteiger partial charge >= 0.3 is 0 Å². The molecule has 2 aromatic carbocycles. The van der Waals surface area contributed by atoms with Gasteiger partial charge in [-0.1, -0.05) is 71.9 Å². The Bertz CT molecular complexity index is 749. The highest BCUT2D eigenvalue weighted by Crippen LogP contribution is 2.18. The van der Waals surface area contributed by atoms with Gasteiger partial charge in [0.1, 0.15) is 6.10 Å². The van der Waals surface area contributed by atoms with Crippen molar-refractivity contribution in [3.8, 4) is 0 Å². The summed E-state index contributed by atoms with van der Waals surface area (Å²) in [4.78, 5) is 7.89. The minimum atomic E-state index is -0.570. The van der Waals surface area contributed by atoms with Crippen LogP contribution in [-0.2, 0) is 16.1 Å². The Labute approximate surface area is 166 Å². The maximum absolute atomic E-state index is 10.4. The minimum Gasteiger partial charge on any atom is -0.390 e. The van der Waals surface area contributed by atoms with Crippen LogP contribution in [0.5, 0.6) is 0 Å². The second kappa shape index (κ2) is 10.8. The first-order valence-corrected chi connectivity index (χ1v) is 9.65. The average Bonchev–Trinajstić information content (AvgIpc) is 3.18. The molecule has 5 heteroatoms. The van der Waals surface area contributed by atoms with E-state index in [9.17, 15) is 5.11 Å². The first-order valence-electron chi connectivity index (χ1n) is 9.65. The lowest BCUT2D eigenvalue weighted by Gasteiger charge is -2.27. The molecule has 0 spiro atoms. The van der Waals surface area contributed by atoms with Crippen LogP contribution in [0.1, 0.15) is 17.5 Å². The molecule has 148 valence electrons. The molecule has 2 aromatic rings. The predicted octanol–water partition coefficient (Wildman–Crippen LogP) is 3.25. The van der Waals surface area contributed by atoms with Crippen LogP contribution in [0.4, 0.5) is 0 Å². The van der Waals surface area contributed by atoms with E-state index in [1.54, 1.807) is 6.08 Å². The summed E-state index contributed by atoms with van der Waals surface area (Å²) < 4.78 is 5.39. The van der Waals surface area contributed by atoms with Gasteiger partial charge in [0.2, 0.25) is 0 Å². The Morgan fingerprint density at radius 1 is 1.18 bits per heavy atom. The molecule has 28 heavy (non-hydrogen) atoms. The van der Waals surface area contributed by atoms with E-state index in [1.165, 1.54) is 5.56 Å². The summed E-state index contributed by atoms with van der Waals surface area (Å²) in [5.41, 5.74) is 3.27. The zero-order valence-electron chi connectivity index (χ0n) is 16.1. The quantitative estimate of drug-likeness (QED) is 0.480. The molecule has 0 aromatic heterocycles. The molecule has 0 unspecified atom stereocenters. The highest BCUT2D eigenvalue weighted by molar-refractivity contribution is 6.01. The van der Waals surface area contributed by atoms with E-state index < -0.39 is 6.10 Å².